The normalized spacial score (nSPS) is 8.83. The van der Waals surface area contributed by atoms with Crippen LogP contribution in [0.4, 0.5) is 5.69 Å². The van der Waals surface area contributed by atoms with Crippen molar-refractivity contribution in [3.05, 3.63) is 24.3 Å². The minimum absolute atomic E-state index is 0. The van der Waals surface area contributed by atoms with E-state index in [-0.39, 0.29) is 17.0 Å². The summed E-state index contributed by atoms with van der Waals surface area (Å²) >= 11 is 0. The lowest BCUT2D eigenvalue weighted by Gasteiger charge is -2.17. The van der Waals surface area contributed by atoms with Crippen LogP contribution in [0.25, 0.3) is 0 Å². The molecule has 0 amide bonds. The predicted molar refractivity (Wildman–Crippen MR) is 57.4 cm³/mol. The molecule has 0 saturated carbocycles. The summed E-state index contributed by atoms with van der Waals surface area (Å²) < 4.78 is 0. The van der Waals surface area contributed by atoms with Crippen LogP contribution in [0.3, 0.4) is 0 Å². The predicted octanol–water partition coefficient (Wildman–Crippen LogP) is 2.43. The molecule has 0 heterocycles. The topological polar surface area (TPSA) is 23.5 Å². The third-order valence-electron chi connectivity index (χ3n) is 1.77. The van der Waals surface area contributed by atoms with Gasteiger partial charge in [-0.05, 0) is 19.1 Å². The highest BCUT2D eigenvalue weighted by Gasteiger charge is 2.01. The second-order valence-corrected chi connectivity index (χ2v) is 2.50. The average Bonchev–Trinajstić information content (AvgIpc) is 2.04. The van der Waals surface area contributed by atoms with Gasteiger partial charge in [-0.1, -0.05) is 12.1 Å². The van der Waals surface area contributed by atoms with E-state index in [0.717, 1.165) is 12.2 Å². The van der Waals surface area contributed by atoms with E-state index in [4.69, 9.17) is 0 Å². The largest absolute Gasteiger partial charge is 0.506 e. The van der Waals surface area contributed by atoms with E-state index < -0.39 is 0 Å². The Morgan fingerprint density at radius 1 is 1.33 bits per heavy atom. The van der Waals surface area contributed by atoms with Gasteiger partial charge < -0.3 is 10.0 Å². The summed E-state index contributed by atoms with van der Waals surface area (Å²) in [4.78, 5) is 2.00. The molecule has 1 aromatic carbocycles. The molecule has 12 heavy (non-hydrogen) atoms. The number of anilines is 1. The van der Waals surface area contributed by atoms with E-state index in [2.05, 4.69) is 0 Å². The molecule has 0 aliphatic carbocycles. The number of aromatic hydroxyl groups is 1. The molecule has 0 saturated heterocycles. The second-order valence-electron chi connectivity index (χ2n) is 2.50. The number of nitrogens with zero attached hydrogens (tertiary/aromatic N) is 1. The maximum atomic E-state index is 9.37. The molecule has 68 valence electrons. The number of halogens is 1. The number of hydrogen-bond donors (Lipinski definition) is 1. The lowest BCUT2D eigenvalue weighted by molar-refractivity contribution is 0.475. The van der Waals surface area contributed by atoms with E-state index in [0.29, 0.717) is 5.75 Å². The quantitative estimate of drug-likeness (QED) is 0.846. The fraction of sp³-hybridized carbons (Fsp3) is 0.333. The zero-order chi connectivity index (χ0) is 8.27. The molecule has 0 unspecified atom stereocenters. The molecule has 0 bridgehead atoms. The highest BCUT2D eigenvalue weighted by Crippen LogP contribution is 2.24. The van der Waals surface area contributed by atoms with Gasteiger partial charge in [0, 0.05) is 13.6 Å². The van der Waals surface area contributed by atoms with E-state index >= 15 is 0 Å². The molecular weight excluding hydrogens is 218 g/mol. The van der Waals surface area contributed by atoms with Gasteiger partial charge in [0.05, 0.1) is 5.69 Å². The molecule has 1 rings (SSSR count). The Balaban J connectivity index is 0.00000121. The van der Waals surface area contributed by atoms with Crippen LogP contribution in [0.1, 0.15) is 6.92 Å². The minimum atomic E-state index is 0. The molecule has 2 nitrogen and oxygen atoms in total. The summed E-state index contributed by atoms with van der Waals surface area (Å²) in [5, 5.41) is 9.37. The standard InChI is InChI=1S/C9H13NO.BrH/c1-3-10(2)8-6-4-5-7-9(8)11;/h4-7,11H,3H2,1-2H3;1H. The Labute approximate surface area is 83.6 Å². The zero-order valence-corrected chi connectivity index (χ0v) is 9.03. The lowest BCUT2D eigenvalue weighted by Crippen LogP contribution is -2.15. The van der Waals surface area contributed by atoms with Gasteiger partial charge in [0.2, 0.25) is 0 Å². The number of phenolic OH excluding ortho intramolecular Hbond substituents is 1. The second kappa shape index (κ2) is 5.04. The Bertz CT molecular complexity index is 240. The zero-order valence-electron chi connectivity index (χ0n) is 7.32. The third kappa shape index (κ3) is 2.41. The van der Waals surface area contributed by atoms with Gasteiger partial charge in [-0.15, -0.1) is 17.0 Å². The maximum absolute atomic E-state index is 9.37. The summed E-state index contributed by atoms with van der Waals surface area (Å²) in [6, 6.07) is 7.34. The van der Waals surface area contributed by atoms with Gasteiger partial charge in [-0.25, -0.2) is 0 Å². The highest BCUT2D eigenvalue weighted by molar-refractivity contribution is 8.93. The smallest absolute Gasteiger partial charge is 0.138 e. The van der Waals surface area contributed by atoms with Gasteiger partial charge in [0.25, 0.3) is 0 Å². The first-order valence-electron chi connectivity index (χ1n) is 3.75. The molecule has 0 radical (unpaired) electrons. The Kier molecular flexibility index (Phi) is 4.74. The molecular formula is C9H14BrNO. The van der Waals surface area contributed by atoms with Crippen molar-refractivity contribution in [2.24, 2.45) is 0 Å². The van der Waals surface area contributed by atoms with Crippen molar-refractivity contribution in [2.75, 3.05) is 18.5 Å². The van der Waals surface area contributed by atoms with Gasteiger partial charge in [-0.2, -0.15) is 0 Å². The van der Waals surface area contributed by atoms with Crippen molar-refractivity contribution in [1.29, 1.82) is 0 Å². The molecule has 0 aliphatic rings. The summed E-state index contributed by atoms with van der Waals surface area (Å²) in [6.45, 7) is 2.95. The van der Waals surface area contributed by atoms with Crippen LogP contribution < -0.4 is 4.90 Å². The van der Waals surface area contributed by atoms with E-state index in [1.54, 1.807) is 6.07 Å². The van der Waals surface area contributed by atoms with Crippen molar-refractivity contribution in [3.8, 4) is 5.75 Å². The number of phenols is 1. The van der Waals surface area contributed by atoms with Crippen molar-refractivity contribution in [1.82, 2.24) is 0 Å². The van der Waals surface area contributed by atoms with Crippen LogP contribution in [-0.2, 0) is 0 Å². The summed E-state index contributed by atoms with van der Waals surface area (Å²) in [5.74, 6) is 0.344. The Hall–Kier alpha value is -0.700. The maximum Gasteiger partial charge on any atom is 0.138 e. The van der Waals surface area contributed by atoms with Crippen LogP contribution in [-0.4, -0.2) is 18.7 Å². The van der Waals surface area contributed by atoms with Crippen LogP contribution in [0.15, 0.2) is 24.3 Å². The van der Waals surface area contributed by atoms with Gasteiger partial charge >= 0.3 is 0 Å². The Morgan fingerprint density at radius 2 is 1.92 bits per heavy atom. The van der Waals surface area contributed by atoms with Gasteiger partial charge in [0.1, 0.15) is 5.75 Å². The van der Waals surface area contributed by atoms with Crippen molar-refractivity contribution < 1.29 is 5.11 Å². The van der Waals surface area contributed by atoms with Gasteiger partial charge in [-0.3, -0.25) is 0 Å². The highest BCUT2D eigenvalue weighted by atomic mass is 79.9. The molecule has 0 spiro atoms. The van der Waals surface area contributed by atoms with E-state index in [1.165, 1.54) is 0 Å². The fourth-order valence-electron chi connectivity index (χ4n) is 0.957. The first kappa shape index (κ1) is 11.3. The third-order valence-corrected chi connectivity index (χ3v) is 1.77. The van der Waals surface area contributed by atoms with E-state index in [1.807, 2.05) is 37.1 Å². The van der Waals surface area contributed by atoms with Crippen LogP contribution in [0.2, 0.25) is 0 Å². The Morgan fingerprint density at radius 3 is 2.42 bits per heavy atom. The molecule has 1 aromatic rings. The number of para-hydroxylation sites is 2. The van der Waals surface area contributed by atoms with Crippen LogP contribution >= 0.6 is 17.0 Å². The fourth-order valence-corrected chi connectivity index (χ4v) is 0.957. The lowest BCUT2D eigenvalue weighted by atomic mass is 10.3. The van der Waals surface area contributed by atoms with Gasteiger partial charge in [0.15, 0.2) is 0 Å². The monoisotopic (exact) mass is 231 g/mol. The molecule has 0 atom stereocenters. The molecule has 1 N–H and O–H groups in total. The molecule has 3 heteroatoms. The first-order chi connectivity index (χ1) is 5.25. The van der Waals surface area contributed by atoms with Crippen LogP contribution in [0.5, 0.6) is 5.75 Å². The summed E-state index contributed by atoms with van der Waals surface area (Å²) in [5.41, 5.74) is 0.884. The van der Waals surface area contributed by atoms with Crippen molar-refractivity contribution in [3.63, 3.8) is 0 Å². The van der Waals surface area contributed by atoms with E-state index in [9.17, 15) is 5.11 Å². The number of hydrogen-bond acceptors (Lipinski definition) is 2. The SMILES string of the molecule is Br.CCN(C)c1ccccc1O. The van der Waals surface area contributed by atoms with Crippen molar-refractivity contribution >= 4 is 22.7 Å². The first-order valence-corrected chi connectivity index (χ1v) is 3.75. The van der Waals surface area contributed by atoms with Crippen molar-refractivity contribution in [2.45, 2.75) is 6.92 Å². The molecule has 0 aliphatic heterocycles. The number of benzene rings is 1. The summed E-state index contributed by atoms with van der Waals surface area (Å²) in [7, 11) is 1.95. The average molecular weight is 232 g/mol. The van der Waals surface area contributed by atoms with Crippen LogP contribution in [0, 0.1) is 0 Å². The number of rotatable bonds is 2. The minimum Gasteiger partial charge on any atom is -0.506 e. The molecule has 0 fully saturated rings. The summed E-state index contributed by atoms with van der Waals surface area (Å²) in [6.07, 6.45) is 0. The molecule has 0 aromatic heterocycles.